The Morgan fingerprint density at radius 1 is 1.17 bits per heavy atom. The minimum atomic E-state index is -1.86. The molecule has 248 valence electrons. The lowest BCUT2D eigenvalue weighted by atomic mass is 9.94. The molecule has 3 aliphatic rings. The molecular formula is C34H28F6N6O2. The Labute approximate surface area is 270 Å². The number of phenols is 1. The summed E-state index contributed by atoms with van der Waals surface area (Å²) < 4.78 is 91.1. The molecule has 5 heterocycles. The predicted octanol–water partition coefficient (Wildman–Crippen LogP) is 6.14. The Balaban J connectivity index is 1.37. The molecule has 8 nitrogen and oxygen atoms in total. The molecule has 2 atom stereocenters. The van der Waals surface area contributed by atoms with E-state index in [2.05, 4.69) is 26.2 Å². The van der Waals surface area contributed by atoms with Gasteiger partial charge in [-0.05, 0) is 55.5 Å². The number of fused-ring (bicyclic) bond motifs is 3. The van der Waals surface area contributed by atoms with Gasteiger partial charge in [-0.15, -0.1) is 6.42 Å². The van der Waals surface area contributed by atoms with Crippen LogP contribution >= 0.6 is 0 Å². The van der Waals surface area contributed by atoms with Crippen LogP contribution in [-0.4, -0.2) is 75.9 Å². The summed E-state index contributed by atoms with van der Waals surface area (Å²) in [5.74, 6) is 0.559. The number of anilines is 1. The van der Waals surface area contributed by atoms with E-state index in [-0.39, 0.29) is 82.4 Å². The zero-order valence-corrected chi connectivity index (χ0v) is 25.3. The second-order valence-corrected chi connectivity index (χ2v) is 12.2. The molecule has 14 heteroatoms. The molecule has 0 bridgehead atoms. The summed E-state index contributed by atoms with van der Waals surface area (Å²) in [5, 5.41) is 14.1. The zero-order valence-electron chi connectivity index (χ0n) is 25.3. The summed E-state index contributed by atoms with van der Waals surface area (Å²) in [5.41, 5.74) is -1.32. The highest BCUT2D eigenvalue weighted by Crippen LogP contribution is 2.43. The Morgan fingerprint density at radius 3 is 2.77 bits per heavy atom. The van der Waals surface area contributed by atoms with Gasteiger partial charge in [0.1, 0.15) is 35.2 Å². The maximum atomic E-state index is 16.7. The average Bonchev–Trinajstić information content (AvgIpc) is 3.62. The fraction of sp³-hybridized carbons (Fsp3) is 0.324. The number of pyridine rings is 1. The van der Waals surface area contributed by atoms with Crippen molar-refractivity contribution in [2.24, 2.45) is 0 Å². The van der Waals surface area contributed by atoms with Gasteiger partial charge in [0, 0.05) is 54.9 Å². The third-order valence-electron chi connectivity index (χ3n) is 9.33. The number of benzene rings is 2. The van der Waals surface area contributed by atoms with E-state index in [0.29, 0.717) is 31.4 Å². The number of aromatic nitrogens is 3. The fourth-order valence-electron chi connectivity index (χ4n) is 7.17. The predicted molar refractivity (Wildman–Crippen MR) is 167 cm³/mol. The van der Waals surface area contributed by atoms with Crippen LogP contribution in [0.3, 0.4) is 0 Å². The van der Waals surface area contributed by atoms with E-state index in [1.807, 2.05) is 4.90 Å². The van der Waals surface area contributed by atoms with Gasteiger partial charge >= 0.3 is 6.01 Å². The van der Waals surface area contributed by atoms with Gasteiger partial charge in [-0.3, -0.25) is 9.88 Å². The molecule has 7 rings (SSSR count). The number of aromatic hydroxyl groups is 1. The monoisotopic (exact) mass is 666 g/mol. The van der Waals surface area contributed by atoms with Crippen LogP contribution in [0.15, 0.2) is 54.3 Å². The van der Waals surface area contributed by atoms with Crippen LogP contribution in [0.1, 0.15) is 24.8 Å². The van der Waals surface area contributed by atoms with Crippen molar-refractivity contribution in [1.82, 2.24) is 25.2 Å². The van der Waals surface area contributed by atoms with E-state index >= 15 is 4.39 Å². The second kappa shape index (κ2) is 12.3. The molecule has 0 saturated carbocycles. The van der Waals surface area contributed by atoms with Crippen molar-refractivity contribution in [2.45, 2.75) is 30.8 Å². The number of rotatable bonds is 6. The Bertz CT molecular complexity index is 2060. The molecule has 2 aromatic heterocycles. The number of hydrogen-bond acceptors (Lipinski definition) is 8. The first-order valence-corrected chi connectivity index (χ1v) is 15.3. The maximum absolute atomic E-state index is 16.7. The van der Waals surface area contributed by atoms with Gasteiger partial charge in [0.25, 0.3) is 12.2 Å². The normalized spacial score (nSPS) is 21.1. The number of phenolic OH excluding ortho intramolecular Hbond substituents is 1. The quantitative estimate of drug-likeness (QED) is 0.188. The lowest BCUT2D eigenvalue weighted by Crippen LogP contribution is -2.50. The van der Waals surface area contributed by atoms with Crippen molar-refractivity contribution < 1.29 is 36.2 Å². The van der Waals surface area contributed by atoms with Gasteiger partial charge in [0.15, 0.2) is 5.82 Å². The Hall–Kier alpha value is -4.87. The topological polar surface area (TPSA) is 86.6 Å². The van der Waals surface area contributed by atoms with Gasteiger partial charge in [0.2, 0.25) is 0 Å². The molecule has 3 aliphatic heterocycles. The summed E-state index contributed by atoms with van der Waals surface area (Å²) in [6, 6.07) is 4.15. The minimum Gasteiger partial charge on any atom is -0.508 e. The molecule has 3 fully saturated rings. The van der Waals surface area contributed by atoms with E-state index in [9.17, 15) is 27.1 Å². The molecule has 2 N–H and O–H groups in total. The van der Waals surface area contributed by atoms with E-state index in [1.165, 1.54) is 24.4 Å². The molecule has 0 spiro atoms. The third-order valence-corrected chi connectivity index (χ3v) is 9.33. The smallest absolute Gasteiger partial charge is 0.319 e. The Morgan fingerprint density at radius 2 is 2.00 bits per heavy atom. The summed E-state index contributed by atoms with van der Waals surface area (Å²) >= 11 is 0. The molecule has 4 aromatic rings. The van der Waals surface area contributed by atoms with E-state index in [4.69, 9.17) is 11.2 Å². The third kappa shape index (κ3) is 5.56. The molecule has 0 amide bonds. The van der Waals surface area contributed by atoms with Gasteiger partial charge in [-0.1, -0.05) is 12.0 Å². The lowest BCUT2D eigenvalue weighted by Gasteiger charge is -2.34. The Kier molecular flexibility index (Phi) is 8.13. The van der Waals surface area contributed by atoms with Crippen molar-refractivity contribution in [3.05, 3.63) is 71.5 Å². The van der Waals surface area contributed by atoms with Gasteiger partial charge < -0.3 is 20.1 Å². The van der Waals surface area contributed by atoms with Crippen LogP contribution < -0.4 is 15.0 Å². The number of nitrogens with zero attached hydrogens (tertiary/aromatic N) is 5. The maximum Gasteiger partial charge on any atom is 0.319 e. The van der Waals surface area contributed by atoms with Gasteiger partial charge in [0.05, 0.1) is 16.5 Å². The fourth-order valence-corrected chi connectivity index (χ4v) is 7.17. The lowest BCUT2D eigenvalue weighted by molar-refractivity contribution is 0.108. The first kappa shape index (κ1) is 31.7. The van der Waals surface area contributed by atoms with Crippen molar-refractivity contribution in [1.29, 1.82) is 0 Å². The number of piperazine rings is 1. The van der Waals surface area contributed by atoms with Crippen molar-refractivity contribution in [3.63, 3.8) is 0 Å². The molecule has 3 saturated heterocycles. The number of nitrogens with one attached hydrogen (secondary N) is 1. The molecule has 0 aliphatic carbocycles. The van der Waals surface area contributed by atoms with Crippen LogP contribution in [0.2, 0.25) is 0 Å². The highest BCUT2D eigenvalue weighted by Gasteiger charge is 2.48. The van der Waals surface area contributed by atoms with Gasteiger partial charge in [-0.25, -0.2) is 8.78 Å². The SMILES string of the molecule is C#Cc1c(F)ccc2cc(O)cc(-c3ncc4c(N5CCNC(C=C(F)F)C5)nc(OCC56CCCN5CC(=C(F)F)C6)nc4c3F)c12. The molecule has 2 aromatic carbocycles. The molecule has 2 unspecified atom stereocenters. The van der Waals surface area contributed by atoms with Crippen molar-refractivity contribution in [3.8, 4) is 35.4 Å². The van der Waals surface area contributed by atoms with Crippen molar-refractivity contribution in [2.75, 3.05) is 44.2 Å². The van der Waals surface area contributed by atoms with Crippen LogP contribution in [0.4, 0.5) is 32.2 Å². The largest absolute Gasteiger partial charge is 0.508 e. The summed E-state index contributed by atoms with van der Waals surface area (Å²) in [4.78, 5) is 16.9. The average molecular weight is 667 g/mol. The first-order chi connectivity index (χ1) is 23.1. The second-order valence-electron chi connectivity index (χ2n) is 12.2. The summed E-state index contributed by atoms with van der Waals surface area (Å²) in [6.07, 6.45) is 5.65. The minimum absolute atomic E-state index is 0.0179. The zero-order chi connectivity index (χ0) is 33.7. The van der Waals surface area contributed by atoms with E-state index in [1.54, 1.807) is 4.90 Å². The number of hydrogen-bond donors (Lipinski definition) is 2. The van der Waals surface area contributed by atoms with Crippen molar-refractivity contribution >= 4 is 27.5 Å². The van der Waals surface area contributed by atoms with E-state index < -0.39 is 35.4 Å². The molecular weight excluding hydrogens is 638 g/mol. The highest BCUT2D eigenvalue weighted by atomic mass is 19.3. The number of halogens is 6. The standard InChI is InChI=1S/C34H28F6N6O2/c1-2-22-25(35)5-4-18-10-21(47)12-23(27(18)22)29-28(38)30-24(14-42-29)32(45-9-7-41-20(16-45)11-26(36)37)44-33(43-30)48-17-34-6-3-8-46(34)15-19(13-34)31(39)40/h1,4-5,10-12,14,20,41,47H,3,6-9,13,15-17H2. The van der Waals surface area contributed by atoms with Crippen LogP contribution in [-0.2, 0) is 0 Å². The van der Waals surface area contributed by atoms with Crippen LogP contribution in [0, 0.1) is 24.0 Å². The summed E-state index contributed by atoms with van der Waals surface area (Å²) in [7, 11) is 0. The number of terminal acetylenes is 1. The summed E-state index contributed by atoms with van der Waals surface area (Å²) in [6.45, 7) is 1.37. The van der Waals surface area contributed by atoms with Crippen LogP contribution in [0.5, 0.6) is 11.8 Å². The molecule has 0 radical (unpaired) electrons. The van der Waals surface area contributed by atoms with E-state index in [0.717, 1.165) is 18.6 Å². The highest BCUT2D eigenvalue weighted by molar-refractivity contribution is 6.03. The number of ether oxygens (including phenoxy) is 1. The molecule has 48 heavy (non-hydrogen) atoms. The van der Waals surface area contributed by atoms with Crippen LogP contribution in [0.25, 0.3) is 32.9 Å². The van der Waals surface area contributed by atoms with Gasteiger partial charge in [-0.2, -0.15) is 27.5 Å². The first-order valence-electron chi connectivity index (χ1n) is 15.3.